The predicted molar refractivity (Wildman–Crippen MR) is 109 cm³/mol. The van der Waals surface area contributed by atoms with Gasteiger partial charge in [-0.15, -0.1) is 0 Å². The van der Waals surface area contributed by atoms with Crippen molar-refractivity contribution >= 4 is 15.8 Å². The fourth-order valence-corrected chi connectivity index (χ4v) is 6.48. The van der Waals surface area contributed by atoms with Crippen LogP contribution in [-0.4, -0.2) is 48.2 Å². The zero-order valence-corrected chi connectivity index (χ0v) is 17.0. The van der Waals surface area contributed by atoms with Crippen molar-refractivity contribution in [1.29, 1.82) is 0 Å². The van der Waals surface area contributed by atoms with Crippen LogP contribution < -0.4 is 5.32 Å². The van der Waals surface area contributed by atoms with Crippen LogP contribution in [0.15, 0.2) is 30.5 Å². The quantitative estimate of drug-likeness (QED) is 0.834. The minimum absolute atomic E-state index is 0.0601. The van der Waals surface area contributed by atoms with E-state index in [9.17, 15) is 8.42 Å². The number of rotatable bonds is 5. The highest BCUT2D eigenvalue weighted by molar-refractivity contribution is 7.91. The Balaban J connectivity index is 1.41. The third-order valence-corrected chi connectivity index (χ3v) is 8.42. The van der Waals surface area contributed by atoms with Gasteiger partial charge in [0.05, 0.1) is 16.7 Å². The van der Waals surface area contributed by atoms with Crippen molar-refractivity contribution in [3.05, 3.63) is 52.8 Å². The number of benzene rings is 1. The van der Waals surface area contributed by atoms with Crippen molar-refractivity contribution in [2.24, 2.45) is 5.92 Å². The van der Waals surface area contributed by atoms with Crippen molar-refractivity contribution in [2.75, 3.05) is 25.0 Å². The van der Waals surface area contributed by atoms with Crippen LogP contribution in [0.1, 0.15) is 41.1 Å². The standard InChI is InChI=1S/C21H26N4O2S/c1-14-4-2-3-5-16(14)10-25-11-18-19(12-25)28(26,27)13-17-9-23-21(24-20(17)18)22-8-15-6-7-15/h2-5,9,15,18-19H,6-8,10-13H2,1H3,(H,22,23,24)/t18-,19-/m0/s1. The van der Waals surface area contributed by atoms with Crippen molar-refractivity contribution < 1.29 is 8.42 Å². The van der Waals surface area contributed by atoms with Gasteiger partial charge in [-0.2, -0.15) is 0 Å². The first-order valence-electron chi connectivity index (χ1n) is 10.1. The normalized spacial score (nSPS) is 25.9. The molecule has 0 radical (unpaired) electrons. The lowest BCUT2D eigenvalue weighted by atomic mass is 10.00. The summed E-state index contributed by atoms with van der Waals surface area (Å²) in [6.07, 6.45) is 4.26. The molecule has 6 nitrogen and oxygen atoms in total. The number of hydrogen-bond donors (Lipinski definition) is 1. The summed E-state index contributed by atoms with van der Waals surface area (Å²) in [5.41, 5.74) is 4.21. The molecule has 0 unspecified atom stereocenters. The molecule has 2 aliphatic heterocycles. The highest BCUT2D eigenvalue weighted by Gasteiger charge is 2.47. The number of anilines is 1. The number of aromatic nitrogens is 2. The average molecular weight is 399 g/mol. The number of nitrogens with zero attached hydrogens (tertiary/aromatic N) is 3. The first-order chi connectivity index (χ1) is 13.5. The minimum atomic E-state index is -3.18. The zero-order chi connectivity index (χ0) is 19.3. The molecule has 2 fully saturated rings. The number of hydrogen-bond acceptors (Lipinski definition) is 6. The molecule has 7 heteroatoms. The summed E-state index contributed by atoms with van der Waals surface area (Å²) >= 11 is 0. The average Bonchev–Trinajstić information content (AvgIpc) is 3.39. The van der Waals surface area contributed by atoms with Gasteiger partial charge in [-0.25, -0.2) is 18.4 Å². The molecule has 0 amide bonds. The summed E-state index contributed by atoms with van der Waals surface area (Å²) < 4.78 is 25.8. The molecule has 0 bridgehead atoms. The van der Waals surface area contributed by atoms with Gasteiger partial charge >= 0.3 is 0 Å². The molecule has 1 saturated heterocycles. The Bertz CT molecular complexity index is 1000. The van der Waals surface area contributed by atoms with Crippen LogP contribution in [0.2, 0.25) is 0 Å². The molecule has 1 aliphatic carbocycles. The van der Waals surface area contributed by atoms with Crippen molar-refractivity contribution in [2.45, 2.75) is 43.2 Å². The number of likely N-dealkylation sites (tertiary alicyclic amines) is 1. The Morgan fingerprint density at radius 2 is 2.04 bits per heavy atom. The fraction of sp³-hybridized carbons (Fsp3) is 0.524. The molecule has 2 atom stereocenters. The van der Waals surface area contributed by atoms with E-state index in [-0.39, 0.29) is 16.9 Å². The van der Waals surface area contributed by atoms with E-state index in [0.717, 1.165) is 36.8 Å². The Kier molecular flexibility index (Phi) is 4.39. The van der Waals surface area contributed by atoms with E-state index in [2.05, 4.69) is 34.3 Å². The molecule has 0 spiro atoms. The van der Waals surface area contributed by atoms with Crippen LogP contribution in [0.25, 0.3) is 0 Å². The van der Waals surface area contributed by atoms with Gasteiger partial charge in [0.1, 0.15) is 0 Å². The highest BCUT2D eigenvalue weighted by atomic mass is 32.2. The van der Waals surface area contributed by atoms with Crippen LogP contribution in [0.5, 0.6) is 0 Å². The van der Waals surface area contributed by atoms with Gasteiger partial charge in [-0.3, -0.25) is 4.90 Å². The molecule has 1 aromatic carbocycles. The minimum Gasteiger partial charge on any atom is -0.354 e. The maximum absolute atomic E-state index is 12.9. The van der Waals surface area contributed by atoms with Crippen molar-refractivity contribution in [3.8, 4) is 0 Å². The summed E-state index contributed by atoms with van der Waals surface area (Å²) in [5, 5.41) is 2.97. The van der Waals surface area contributed by atoms with Gasteiger partial charge in [0.25, 0.3) is 0 Å². The molecule has 3 aliphatic rings. The second kappa shape index (κ2) is 6.81. The lowest BCUT2D eigenvalue weighted by Crippen LogP contribution is -2.35. The van der Waals surface area contributed by atoms with E-state index >= 15 is 0 Å². The molecule has 28 heavy (non-hydrogen) atoms. The molecule has 2 aromatic rings. The second-order valence-corrected chi connectivity index (χ2v) is 10.7. The molecule has 148 valence electrons. The van der Waals surface area contributed by atoms with Crippen LogP contribution >= 0.6 is 0 Å². The number of aryl methyl sites for hydroxylation is 1. The summed E-state index contributed by atoms with van der Waals surface area (Å²) in [5.74, 6) is 1.37. The van der Waals surface area contributed by atoms with Crippen LogP contribution in [0.4, 0.5) is 5.95 Å². The largest absolute Gasteiger partial charge is 0.354 e. The summed E-state index contributed by atoms with van der Waals surface area (Å²) in [4.78, 5) is 11.4. The molecular weight excluding hydrogens is 372 g/mol. The highest BCUT2D eigenvalue weighted by Crippen LogP contribution is 2.40. The zero-order valence-electron chi connectivity index (χ0n) is 16.1. The van der Waals surface area contributed by atoms with Gasteiger partial charge in [-0.05, 0) is 36.8 Å². The Morgan fingerprint density at radius 3 is 2.82 bits per heavy atom. The first-order valence-corrected chi connectivity index (χ1v) is 11.8. The van der Waals surface area contributed by atoms with E-state index in [4.69, 9.17) is 4.98 Å². The molecular formula is C21H26N4O2S. The van der Waals surface area contributed by atoms with Gasteiger partial charge in [0, 0.05) is 43.9 Å². The monoisotopic (exact) mass is 398 g/mol. The van der Waals surface area contributed by atoms with E-state index in [1.54, 1.807) is 6.20 Å². The summed E-state index contributed by atoms with van der Waals surface area (Å²) in [6.45, 7) is 5.10. The lowest BCUT2D eigenvalue weighted by Gasteiger charge is -2.26. The van der Waals surface area contributed by atoms with E-state index in [1.165, 1.54) is 24.0 Å². The SMILES string of the molecule is Cc1ccccc1CN1C[C@@H]2c3nc(NCC4CC4)ncc3CS(=O)(=O)[C@H]2C1. The predicted octanol–water partition coefficient (Wildman–Crippen LogP) is 2.50. The van der Waals surface area contributed by atoms with E-state index < -0.39 is 9.84 Å². The Hall–Kier alpha value is -1.99. The summed E-state index contributed by atoms with van der Waals surface area (Å²) in [7, 11) is -3.18. The molecule has 1 N–H and O–H groups in total. The van der Waals surface area contributed by atoms with Crippen LogP contribution in [-0.2, 0) is 22.1 Å². The van der Waals surface area contributed by atoms with Crippen LogP contribution in [0.3, 0.4) is 0 Å². The van der Waals surface area contributed by atoms with E-state index in [0.29, 0.717) is 12.5 Å². The third-order valence-electron chi connectivity index (χ3n) is 6.31. The van der Waals surface area contributed by atoms with Crippen molar-refractivity contribution in [1.82, 2.24) is 14.9 Å². The van der Waals surface area contributed by atoms with Gasteiger partial charge in [0.15, 0.2) is 9.84 Å². The lowest BCUT2D eigenvalue weighted by molar-refractivity contribution is 0.326. The first kappa shape index (κ1) is 18.1. The number of fused-ring (bicyclic) bond motifs is 3. The molecule has 1 aromatic heterocycles. The molecule has 3 heterocycles. The molecule has 1 saturated carbocycles. The smallest absolute Gasteiger partial charge is 0.222 e. The molecule has 5 rings (SSSR count). The van der Waals surface area contributed by atoms with E-state index in [1.807, 2.05) is 12.1 Å². The van der Waals surface area contributed by atoms with Gasteiger partial charge in [-0.1, -0.05) is 24.3 Å². The maximum Gasteiger partial charge on any atom is 0.222 e. The number of nitrogens with one attached hydrogen (secondary N) is 1. The summed E-state index contributed by atoms with van der Waals surface area (Å²) in [6, 6.07) is 8.32. The fourth-order valence-electron chi connectivity index (χ4n) is 4.45. The topological polar surface area (TPSA) is 75.2 Å². The Morgan fingerprint density at radius 1 is 1.21 bits per heavy atom. The maximum atomic E-state index is 12.9. The van der Waals surface area contributed by atoms with Gasteiger partial charge in [0.2, 0.25) is 5.95 Å². The number of sulfone groups is 1. The van der Waals surface area contributed by atoms with Crippen molar-refractivity contribution in [3.63, 3.8) is 0 Å². The second-order valence-electron chi connectivity index (χ2n) is 8.50. The van der Waals surface area contributed by atoms with Gasteiger partial charge < -0.3 is 5.32 Å². The Labute approximate surface area is 166 Å². The van der Waals surface area contributed by atoms with Crippen LogP contribution in [0, 0.1) is 12.8 Å². The third kappa shape index (κ3) is 3.42.